The number of hydrogen-bond donors (Lipinski definition) is 1. The van der Waals surface area contributed by atoms with Gasteiger partial charge in [-0.05, 0) is 39.3 Å². The molecule has 0 spiro atoms. The van der Waals surface area contributed by atoms with Gasteiger partial charge in [0.1, 0.15) is 7.14 Å². The number of aromatic nitrogens is 2. The molecule has 0 radical (unpaired) electrons. The fourth-order valence-electron chi connectivity index (χ4n) is 1.85. The van der Waals surface area contributed by atoms with Crippen LogP contribution in [-0.4, -0.2) is 23.3 Å². The van der Waals surface area contributed by atoms with Gasteiger partial charge in [-0.2, -0.15) is 0 Å². The first-order valence-electron chi connectivity index (χ1n) is 6.05. The van der Waals surface area contributed by atoms with Crippen LogP contribution in [0.4, 0.5) is 5.69 Å². The minimum Gasteiger partial charge on any atom is -0.398 e. The summed E-state index contributed by atoms with van der Waals surface area (Å²) in [5, 5.41) is 0.699. The molecular weight excluding hydrogens is 257 g/mol. The Morgan fingerprint density at radius 1 is 1.16 bits per heavy atom. The van der Waals surface area contributed by atoms with E-state index < -0.39 is 7.14 Å². The molecule has 0 aliphatic carbocycles. The molecule has 0 fully saturated rings. The lowest BCUT2D eigenvalue weighted by atomic mass is 10.1. The summed E-state index contributed by atoms with van der Waals surface area (Å²) < 4.78 is 12.2. The van der Waals surface area contributed by atoms with E-state index in [2.05, 4.69) is 9.97 Å². The Morgan fingerprint density at radius 3 is 2.42 bits per heavy atom. The number of nitrogen functional groups attached to an aromatic ring is 1. The van der Waals surface area contributed by atoms with Gasteiger partial charge in [0.2, 0.25) is 0 Å². The molecule has 1 aromatic heterocycles. The highest BCUT2D eigenvalue weighted by atomic mass is 31.2. The average molecular weight is 275 g/mol. The van der Waals surface area contributed by atoms with Crippen molar-refractivity contribution in [1.82, 2.24) is 9.97 Å². The van der Waals surface area contributed by atoms with Crippen molar-refractivity contribution in [3.05, 3.63) is 35.8 Å². The van der Waals surface area contributed by atoms with Gasteiger partial charge >= 0.3 is 0 Å². The topological polar surface area (TPSA) is 68.9 Å². The van der Waals surface area contributed by atoms with E-state index in [-0.39, 0.29) is 0 Å². The first-order chi connectivity index (χ1) is 8.79. The molecule has 0 aliphatic heterocycles. The van der Waals surface area contributed by atoms with Crippen molar-refractivity contribution < 1.29 is 4.57 Å². The number of aryl methyl sites for hydroxylation is 2. The Hall–Kier alpha value is -1.67. The molecule has 0 atom stereocenters. The zero-order valence-electron chi connectivity index (χ0n) is 11.6. The van der Waals surface area contributed by atoms with E-state index in [0.717, 1.165) is 22.6 Å². The van der Waals surface area contributed by atoms with Crippen LogP contribution in [-0.2, 0) is 4.57 Å². The molecule has 0 amide bonds. The molecular formula is C14H18N3OP. The number of rotatable bonds is 2. The molecule has 0 saturated heterocycles. The summed E-state index contributed by atoms with van der Waals surface area (Å²) in [6, 6.07) is 5.52. The van der Waals surface area contributed by atoms with Crippen molar-refractivity contribution in [3.63, 3.8) is 0 Å². The Balaban J connectivity index is 2.58. The van der Waals surface area contributed by atoms with Crippen molar-refractivity contribution in [2.75, 3.05) is 19.1 Å². The molecule has 4 nitrogen and oxygen atoms in total. The van der Waals surface area contributed by atoms with Crippen molar-refractivity contribution in [2.45, 2.75) is 13.8 Å². The van der Waals surface area contributed by atoms with Gasteiger partial charge in [0.25, 0.3) is 0 Å². The van der Waals surface area contributed by atoms with Gasteiger partial charge in [-0.3, -0.25) is 4.98 Å². The lowest BCUT2D eigenvalue weighted by Gasteiger charge is -2.12. The van der Waals surface area contributed by atoms with Crippen molar-refractivity contribution in [1.29, 1.82) is 0 Å². The highest BCUT2D eigenvalue weighted by Crippen LogP contribution is 2.38. The molecule has 2 rings (SSSR count). The molecule has 19 heavy (non-hydrogen) atoms. The van der Waals surface area contributed by atoms with Gasteiger partial charge < -0.3 is 10.3 Å². The number of hydrogen-bond acceptors (Lipinski definition) is 4. The third-order valence-corrected chi connectivity index (χ3v) is 4.65. The highest BCUT2D eigenvalue weighted by molar-refractivity contribution is 7.70. The van der Waals surface area contributed by atoms with Crippen LogP contribution in [0.2, 0.25) is 0 Å². The lowest BCUT2D eigenvalue weighted by Crippen LogP contribution is -2.10. The van der Waals surface area contributed by atoms with E-state index in [1.54, 1.807) is 25.6 Å². The van der Waals surface area contributed by atoms with Crippen LogP contribution in [0.3, 0.4) is 0 Å². The fraction of sp³-hybridized carbons (Fsp3) is 0.286. The van der Waals surface area contributed by atoms with Gasteiger partial charge in [0.05, 0.1) is 23.3 Å². The van der Waals surface area contributed by atoms with E-state index >= 15 is 0 Å². The van der Waals surface area contributed by atoms with Gasteiger partial charge in [0, 0.05) is 16.6 Å². The van der Waals surface area contributed by atoms with E-state index in [1.165, 1.54) is 0 Å². The smallest absolute Gasteiger partial charge is 0.111 e. The first kappa shape index (κ1) is 13.8. The van der Waals surface area contributed by atoms with Gasteiger partial charge in [0.15, 0.2) is 0 Å². The second kappa shape index (κ2) is 4.78. The van der Waals surface area contributed by atoms with Crippen LogP contribution in [0.5, 0.6) is 0 Å². The summed E-state index contributed by atoms with van der Waals surface area (Å²) >= 11 is 0. The van der Waals surface area contributed by atoms with E-state index in [0.29, 0.717) is 11.0 Å². The molecule has 2 N–H and O–H groups in total. The van der Waals surface area contributed by atoms with Crippen LogP contribution in [0, 0.1) is 13.8 Å². The third kappa shape index (κ3) is 2.85. The molecule has 5 heteroatoms. The molecule has 100 valence electrons. The Kier molecular flexibility index (Phi) is 3.46. The average Bonchev–Trinajstić information content (AvgIpc) is 2.32. The van der Waals surface area contributed by atoms with Crippen LogP contribution in [0.15, 0.2) is 24.4 Å². The van der Waals surface area contributed by atoms with Gasteiger partial charge in [-0.25, -0.2) is 4.98 Å². The Morgan fingerprint density at radius 2 is 1.84 bits per heavy atom. The standard InChI is InChI=1S/C14H18N3OP/c1-9-10(2)17-13(8-16-9)11-5-6-12(15)14(7-11)19(3,4)18/h5-8H,15H2,1-4H3. The van der Waals surface area contributed by atoms with Crippen LogP contribution >= 0.6 is 7.14 Å². The molecule has 0 aliphatic rings. The van der Waals surface area contributed by atoms with Crippen molar-refractivity contribution >= 4 is 18.1 Å². The summed E-state index contributed by atoms with van der Waals surface area (Å²) in [6.45, 7) is 7.28. The number of benzene rings is 1. The normalized spacial score (nSPS) is 11.6. The molecule has 1 aromatic carbocycles. The number of nitrogens with zero attached hydrogens (tertiary/aromatic N) is 2. The van der Waals surface area contributed by atoms with Crippen LogP contribution in [0.25, 0.3) is 11.3 Å². The summed E-state index contributed by atoms with van der Waals surface area (Å²) in [4.78, 5) is 8.81. The largest absolute Gasteiger partial charge is 0.398 e. The van der Waals surface area contributed by atoms with Gasteiger partial charge in [-0.15, -0.1) is 0 Å². The van der Waals surface area contributed by atoms with Crippen LogP contribution < -0.4 is 11.0 Å². The lowest BCUT2D eigenvalue weighted by molar-refractivity contribution is 0.588. The molecule has 2 aromatic rings. The zero-order valence-corrected chi connectivity index (χ0v) is 12.5. The second-order valence-corrected chi connectivity index (χ2v) is 8.23. The molecule has 1 heterocycles. The Bertz CT molecular complexity index is 676. The van der Waals surface area contributed by atoms with Crippen LogP contribution in [0.1, 0.15) is 11.4 Å². The highest BCUT2D eigenvalue weighted by Gasteiger charge is 2.16. The van der Waals surface area contributed by atoms with Gasteiger partial charge in [-0.1, -0.05) is 6.07 Å². The first-order valence-corrected chi connectivity index (χ1v) is 8.65. The summed E-state index contributed by atoms with van der Waals surface area (Å²) in [5.74, 6) is 0. The predicted molar refractivity (Wildman–Crippen MR) is 80.4 cm³/mol. The van der Waals surface area contributed by atoms with E-state index in [9.17, 15) is 4.57 Å². The quantitative estimate of drug-likeness (QED) is 0.675. The van der Waals surface area contributed by atoms with E-state index in [1.807, 2.05) is 26.0 Å². The van der Waals surface area contributed by atoms with Crippen molar-refractivity contribution in [3.8, 4) is 11.3 Å². The SMILES string of the molecule is Cc1ncc(-c2ccc(N)c(P(C)(C)=O)c2)nc1C. The van der Waals surface area contributed by atoms with E-state index in [4.69, 9.17) is 5.73 Å². The monoisotopic (exact) mass is 275 g/mol. The molecule has 0 saturated carbocycles. The second-order valence-electron chi connectivity index (χ2n) is 5.05. The third-order valence-electron chi connectivity index (χ3n) is 3.10. The fourth-order valence-corrected chi connectivity index (χ4v) is 3.00. The predicted octanol–water partition coefficient (Wildman–Crippen LogP) is 2.59. The maximum Gasteiger partial charge on any atom is 0.111 e. The summed E-state index contributed by atoms with van der Waals surface area (Å²) in [7, 11) is -2.40. The minimum absolute atomic E-state index is 0.564. The molecule has 0 bridgehead atoms. The van der Waals surface area contributed by atoms with Crippen molar-refractivity contribution in [2.24, 2.45) is 0 Å². The number of nitrogens with two attached hydrogens (primary N) is 1. The Labute approximate surface area is 113 Å². The number of anilines is 1. The summed E-state index contributed by atoms with van der Waals surface area (Å²) in [5.41, 5.74) is 9.94. The maximum atomic E-state index is 12.2. The summed E-state index contributed by atoms with van der Waals surface area (Å²) in [6.07, 6.45) is 1.73. The molecule has 0 unspecified atom stereocenters. The zero-order chi connectivity index (χ0) is 14.2. The minimum atomic E-state index is -2.40. The maximum absolute atomic E-state index is 12.2.